The molecule has 98 valence electrons. The highest BCUT2D eigenvalue weighted by molar-refractivity contribution is 5.79. The minimum Gasteiger partial charge on any atom is -0.368 e. The molecule has 0 radical (unpaired) electrons. The molecule has 0 aliphatic heterocycles. The van der Waals surface area contributed by atoms with Crippen LogP contribution in [0.1, 0.15) is 12.5 Å². The summed E-state index contributed by atoms with van der Waals surface area (Å²) in [6.07, 6.45) is 0. The Balaban J connectivity index is 2.01. The first kappa shape index (κ1) is 13.3. The molecule has 3 nitrogen and oxygen atoms in total. The third kappa shape index (κ3) is 3.66. The van der Waals surface area contributed by atoms with Gasteiger partial charge in [-0.3, -0.25) is 4.79 Å². The number of rotatable bonds is 5. The Hall–Kier alpha value is -2.13. The second-order valence-corrected chi connectivity index (χ2v) is 4.57. The fourth-order valence-corrected chi connectivity index (χ4v) is 1.82. The summed E-state index contributed by atoms with van der Waals surface area (Å²) < 4.78 is 0. The molecule has 0 spiro atoms. The average Bonchev–Trinajstić information content (AvgIpc) is 2.46. The van der Waals surface area contributed by atoms with E-state index in [0.717, 1.165) is 5.56 Å². The molecule has 2 rings (SSSR count). The molecule has 0 unspecified atom stereocenters. The van der Waals surface area contributed by atoms with E-state index in [-0.39, 0.29) is 11.9 Å². The van der Waals surface area contributed by atoms with Crippen molar-refractivity contribution in [3.05, 3.63) is 60.2 Å². The first-order valence-electron chi connectivity index (χ1n) is 6.34. The van der Waals surface area contributed by atoms with Gasteiger partial charge < -0.3 is 11.1 Å². The van der Waals surface area contributed by atoms with E-state index in [1.807, 2.05) is 18.2 Å². The van der Waals surface area contributed by atoms with Crippen molar-refractivity contribution in [2.24, 2.45) is 5.73 Å². The summed E-state index contributed by atoms with van der Waals surface area (Å²) in [5.74, 6) is -0.332. The van der Waals surface area contributed by atoms with E-state index in [4.69, 9.17) is 5.73 Å². The molecule has 0 saturated heterocycles. The van der Waals surface area contributed by atoms with Crippen LogP contribution in [0.2, 0.25) is 0 Å². The molecule has 0 saturated carbocycles. The van der Waals surface area contributed by atoms with E-state index in [1.165, 1.54) is 11.1 Å². The second-order valence-electron chi connectivity index (χ2n) is 4.57. The molecule has 0 heterocycles. The van der Waals surface area contributed by atoms with Crippen molar-refractivity contribution in [2.45, 2.75) is 19.5 Å². The summed E-state index contributed by atoms with van der Waals surface area (Å²) >= 11 is 0. The first-order chi connectivity index (χ1) is 9.16. The monoisotopic (exact) mass is 254 g/mol. The molecule has 2 aromatic carbocycles. The van der Waals surface area contributed by atoms with Crippen molar-refractivity contribution in [2.75, 3.05) is 0 Å². The largest absolute Gasteiger partial charge is 0.368 e. The van der Waals surface area contributed by atoms with Crippen LogP contribution >= 0.6 is 0 Å². The summed E-state index contributed by atoms with van der Waals surface area (Å²) in [7, 11) is 0. The number of nitrogens with one attached hydrogen (secondary N) is 1. The standard InChI is InChI=1S/C16H18N2O/c1-12(16(17)19)18-11-13-7-9-15(10-8-13)14-5-3-2-4-6-14/h2-10,12,18H,11H2,1H3,(H2,17,19)/t12-/m1/s1. The van der Waals surface area contributed by atoms with Gasteiger partial charge in [0.05, 0.1) is 6.04 Å². The average molecular weight is 254 g/mol. The number of amides is 1. The predicted octanol–water partition coefficient (Wildman–Crippen LogP) is 2.32. The molecule has 2 aromatic rings. The summed E-state index contributed by atoms with van der Waals surface area (Å²) in [6.45, 7) is 2.40. The van der Waals surface area contributed by atoms with E-state index in [1.54, 1.807) is 6.92 Å². The van der Waals surface area contributed by atoms with Gasteiger partial charge in [-0.15, -0.1) is 0 Å². The van der Waals surface area contributed by atoms with Gasteiger partial charge in [0.25, 0.3) is 0 Å². The number of hydrogen-bond acceptors (Lipinski definition) is 2. The lowest BCUT2D eigenvalue weighted by Gasteiger charge is -2.10. The zero-order valence-corrected chi connectivity index (χ0v) is 11.0. The SMILES string of the molecule is C[C@@H](NCc1ccc(-c2ccccc2)cc1)C(N)=O. The predicted molar refractivity (Wildman–Crippen MR) is 77.4 cm³/mol. The molecule has 0 fully saturated rings. The highest BCUT2D eigenvalue weighted by Gasteiger charge is 2.06. The summed E-state index contributed by atoms with van der Waals surface area (Å²) in [5.41, 5.74) is 8.72. The van der Waals surface area contributed by atoms with Crippen molar-refractivity contribution < 1.29 is 4.79 Å². The van der Waals surface area contributed by atoms with Crippen LogP contribution < -0.4 is 11.1 Å². The second kappa shape index (κ2) is 6.16. The maximum atomic E-state index is 10.9. The number of benzene rings is 2. The first-order valence-corrected chi connectivity index (χ1v) is 6.34. The van der Waals surface area contributed by atoms with Crippen LogP contribution in [0.4, 0.5) is 0 Å². The molecule has 3 heteroatoms. The van der Waals surface area contributed by atoms with Crippen LogP contribution in [0.5, 0.6) is 0 Å². The topological polar surface area (TPSA) is 55.1 Å². The molecule has 0 bridgehead atoms. The number of carbonyl (C=O) groups excluding carboxylic acids is 1. The van der Waals surface area contributed by atoms with Gasteiger partial charge in [0.1, 0.15) is 0 Å². The molecular formula is C16H18N2O. The summed E-state index contributed by atoms with van der Waals surface area (Å²) in [5, 5.41) is 3.08. The lowest BCUT2D eigenvalue weighted by atomic mass is 10.0. The van der Waals surface area contributed by atoms with Gasteiger partial charge >= 0.3 is 0 Å². The minimum atomic E-state index is -0.332. The van der Waals surface area contributed by atoms with E-state index >= 15 is 0 Å². The lowest BCUT2D eigenvalue weighted by molar-refractivity contribution is -0.119. The molecule has 1 amide bonds. The van der Waals surface area contributed by atoms with Gasteiger partial charge in [-0.2, -0.15) is 0 Å². The quantitative estimate of drug-likeness (QED) is 0.860. The molecule has 3 N–H and O–H groups in total. The number of nitrogens with two attached hydrogens (primary N) is 1. The van der Waals surface area contributed by atoms with Crippen LogP contribution in [0.15, 0.2) is 54.6 Å². The third-order valence-corrected chi connectivity index (χ3v) is 3.10. The van der Waals surface area contributed by atoms with Crippen LogP contribution in [-0.4, -0.2) is 11.9 Å². The van der Waals surface area contributed by atoms with E-state index in [2.05, 4.69) is 41.7 Å². The van der Waals surface area contributed by atoms with Crippen molar-refractivity contribution in [3.63, 3.8) is 0 Å². The van der Waals surface area contributed by atoms with Gasteiger partial charge in [-0.1, -0.05) is 54.6 Å². The van der Waals surface area contributed by atoms with Crippen LogP contribution in [-0.2, 0) is 11.3 Å². The lowest BCUT2D eigenvalue weighted by Crippen LogP contribution is -2.38. The maximum absolute atomic E-state index is 10.9. The Morgan fingerprint density at radius 3 is 2.21 bits per heavy atom. The van der Waals surface area contributed by atoms with Crippen molar-refractivity contribution >= 4 is 5.91 Å². The smallest absolute Gasteiger partial charge is 0.234 e. The van der Waals surface area contributed by atoms with Crippen LogP contribution in [0, 0.1) is 0 Å². The molecular weight excluding hydrogens is 236 g/mol. The number of hydrogen-bond donors (Lipinski definition) is 2. The number of carbonyl (C=O) groups is 1. The van der Waals surface area contributed by atoms with Gasteiger partial charge in [0, 0.05) is 6.54 Å². The minimum absolute atomic E-state index is 0.311. The Kier molecular flexibility index (Phi) is 4.31. The van der Waals surface area contributed by atoms with Crippen molar-refractivity contribution in [1.82, 2.24) is 5.32 Å². The number of primary amides is 1. The normalized spacial score (nSPS) is 12.1. The molecule has 0 aliphatic carbocycles. The molecule has 1 atom stereocenters. The van der Waals surface area contributed by atoms with E-state index in [0.29, 0.717) is 6.54 Å². The maximum Gasteiger partial charge on any atom is 0.234 e. The third-order valence-electron chi connectivity index (χ3n) is 3.10. The zero-order chi connectivity index (χ0) is 13.7. The van der Waals surface area contributed by atoms with Gasteiger partial charge in [0.2, 0.25) is 5.91 Å². The highest BCUT2D eigenvalue weighted by atomic mass is 16.1. The Morgan fingerprint density at radius 2 is 1.63 bits per heavy atom. The zero-order valence-electron chi connectivity index (χ0n) is 11.0. The Morgan fingerprint density at radius 1 is 1.05 bits per heavy atom. The van der Waals surface area contributed by atoms with Crippen LogP contribution in [0.25, 0.3) is 11.1 Å². The Labute approximate surface area is 113 Å². The van der Waals surface area contributed by atoms with Gasteiger partial charge in [-0.25, -0.2) is 0 Å². The Bertz CT molecular complexity index is 534. The fraction of sp³-hybridized carbons (Fsp3) is 0.188. The van der Waals surface area contributed by atoms with Crippen LogP contribution in [0.3, 0.4) is 0 Å². The van der Waals surface area contributed by atoms with Crippen molar-refractivity contribution in [1.29, 1.82) is 0 Å². The molecule has 0 aromatic heterocycles. The summed E-state index contributed by atoms with van der Waals surface area (Å²) in [6, 6.07) is 18.2. The fourth-order valence-electron chi connectivity index (χ4n) is 1.82. The van der Waals surface area contributed by atoms with E-state index in [9.17, 15) is 4.79 Å². The molecule has 0 aliphatic rings. The van der Waals surface area contributed by atoms with Gasteiger partial charge in [-0.05, 0) is 23.6 Å². The van der Waals surface area contributed by atoms with Crippen molar-refractivity contribution in [3.8, 4) is 11.1 Å². The summed E-state index contributed by atoms with van der Waals surface area (Å²) in [4.78, 5) is 10.9. The highest BCUT2D eigenvalue weighted by Crippen LogP contribution is 2.19. The van der Waals surface area contributed by atoms with Gasteiger partial charge in [0.15, 0.2) is 0 Å². The molecule has 19 heavy (non-hydrogen) atoms. The van der Waals surface area contributed by atoms with E-state index < -0.39 is 0 Å².